The van der Waals surface area contributed by atoms with Crippen molar-refractivity contribution in [1.29, 1.82) is 0 Å². The van der Waals surface area contributed by atoms with E-state index in [1.807, 2.05) is 73.7 Å². The lowest BCUT2D eigenvalue weighted by molar-refractivity contribution is 0.0976. The molecule has 144 valence electrons. The highest BCUT2D eigenvalue weighted by molar-refractivity contribution is 7.80. The van der Waals surface area contributed by atoms with Gasteiger partial charge in [0.25, 0.3) is 5.91 Å². The number of para-hydroxylation sites is 2. The third-order valence-electron chi connectivity index (χ3n) is 4.56. The van der Waals surface area contributed by atoms with Gasteiger partial charge < -0.3 is 9.73 Å². The molecule has 0 fully saturated rings. The number of rotatable bonds is 4. The summed E-state index contributed by atoms with van der Waals surface area (Å²) >= 11 is 5.24. The lowest BCUT2D eigenvalue weighted by Gasteiger charge is -2.11. The van der Waals surface area contributed by atoms with Crippen LogP contribution in [0.1, 0.15) is 21.5 Å². The first kappa shape index (κ1) is 18.8. The number of carbonyl (C=O) groups excluding carboxylic acids is 1. The molecule has 1 amide bonds. The highest BCUT2D eigenvalue weighted by Crippen LogP contribution is 2.24. The molecule has 0 saturated carbocycles. The van der Waals surface area contributed by atoms with Gasteiger partial charge in [0.1, 0.15) is 5.52 Å². The minimum atomic E-state index is -0.216. The average Bonchev–Trinajstić information content (AvgIpc) is 3.17. The first-order valence-electron chi connectivity index (χ1n) is 9.20. The predicted molar refractivity (Wildman–Crippen MR) is 118 cm³/mol. The van der Waals surface area contributed by atoms with Gasteiger partial charge in [-0.05, 0) is 60.6 Å². The Morgan fingerprint density at radius 2 is 1.72 bits per heavy atom. The summed E-state index contributed by atoms with van der Waals surface area (Å²) in [5.41, 5.74) is 5.05. The number of hydrogen-bond acceptors (Lipinski definition) is 4. The molecule has 4 rings (SSSR count). The van der Waals surface area contributed by atoms with Crippen LogP contribution in [0.15, 0.2) is 77.2 Å². The van der Waals surface area contributed by atoms with Crippen molar-refractivity contribution in [3.8, 4) is 11.5 Å². The van der Waals surface area contributed by atoms with E-state index in [0.29, 0.717) is 23.1 Å². The van der Waals surface area contributed by atoms with Crippen LogP contribution in [0, 0.1) is 6.92 Å². The van der Waals surface area contributed by atoms with Crippen molar-refractivity contribution in [3.63, 3.8) is 0 Å². The van der Waals surface area contributed by atoms with Crippen molar-refractivity contribution in [2.45, 2.75) is 13.5 Å². The molecule has 0 aliphatic rings. The number of amides is 1. The number of fused-ring (bicyclic) bond motifs is 1. The number of hydrogen-bond donors (Lipinski definition) is 2. The molecule has 0 saturated heterocycles. The third kappa shape index (κ3) is 4.33. The second-order valence-electron chi connectivity index (χ2n) is 6.64. The summed E-state index contributed by atoms with van der Waals surface area (Å²) in [4.78, 5) is 16.8. The maximum absolute atomic E-state index is 12.3. The molecule has 1 heterocycles. The second-order valence-corrected chi connectivity index (χ2v) is 7.04. The van der Waals surface area contributed by atoms with E-state index in [2.05, 4.69) is 15.6 Å². The molecule has 0 aliphatic heterocycles. The highest BCUT2D eigenvalue weighted by atomic mass is 32.1. The molecule has 0 spiro atoms. The first-order valence-corrected chi connectivity index (χ1v) is 9.61. The van der Waals surface area contributed by atoms with E-state index in [9.17, 15) is 4.79 Å². The first-order chi connectivity index (χ1) is 14.1. The lowest BCUT2D eigenvalue weighted by Crippen LogP contribution is -2.39. The van der Waals surface area contributed by atoms with E-state index in [1.54, 1.807) is 6.07 Å². The molecule has 0 aliphatic carbocycles. The lowest BCUT2D eigenvalue weighted by atomic mass is 10.1. The van der Waals surface area contributed by atoms with Gasteiger partial charge in [-0.2, -0.15) is 0 Å². The monoisotopic (exact) mass is 401 g/mol. The number of oxazole rings is 1. The van der Waals surface area contributed by atoms with Gasteiger partial charge in [-0.25, -0.2) is 4.98 Å². The molecule has 2 N–H and O–H groups in total. The summed E-state index contributed by atoms with van der Waals surface area (Å²) in [6, 6.07) is 22.9. The Kier molecular flexibility index (Phi) is 5.35. The quantitative estimate of drug-likeness (QED) is 0.489. The number of aryl methyl sites for hydroxylation is 1. The molecule has 0 radical (unpaired) electrons. The van der Waals surface area contributed by atoms with E-state index >= 15 is 0 Å². The summed E-state index contributed by atoms with van der Waals surface area (Å²) in [6.07, 6.45) is 0. The smallest absolute Gasteiger partial charge is 0.257 e. The van der Waals surface area contributed by atoms with Crippen molar-refractivity contribution in [2.24, 2.45) is 0 Å². The van der Waals surface area contributed by atoms with Crippen molar-refractivity contribution < 1.29 is 9.21 Å². The van der Waals surface area contributed by atoms with Crippen molar-refractivity contribution in [1.82, 2.24) is 15.6 Å². The largest absolute Gasteiger partial charge is 0.436 e. The van der Waals surface area contributed by atoms with Crippen LogP contribution >= 0.6 is 12.2 Å². The fraction of sp³-hybridized carbons (Fsp3) is 0.0870. The Labute approximate surface area is 173 Å². The number of carbonyl (C=O) groups is 1. The predicted octanol–water partition coefficient (Wildman–Crippen LogP) is 4.61. The molecular formula is C23H19N3O2S. The molecule has 0 unspecified atom stereocenters. The number of benzene rings is 3. The maximum atomic E-state index is 12.3. The van der Waals surface area contributed by atoms with Gasteiger partial charge in [0, 0.05) is 17.7 Å². The Bertz CT molecular complexity index is 1150. The summed E-state index contributed by atoms with van der Waals surface area (Å²) in [5.74, 6) is 0.374. The summed E-state index contributed by atoms with van der Waals surface area (Å²) in [6.45, 7) is 2.39. The summed E-state index contributed by atoms with van der Waals surface area (Å²) in [7, 11) is 0. The van der Waals surface area contributed by atoms with E-state index in [1.165, 1.54) is 0 Å². The van der Waals surface area contributed by atoms with Crippen molar-refractivity contribution in [3.05, 3.63) is 89.5 Å². The van der Waals surface area contributed by atoms with Crippen LogP contribution < -0.4 is 10.6 Å². The summed E-state index contributed by atoms with van der Waals surface area (Å²) in [5, 5.41) is 6.07. The zero-order chi connectivity index (χ0) is 20.2. The zero-order valence-corrected chi connectivity index (χ0v) is 16.6. The standard InChI is InChI=1S/C23H19N3O2S/c1-15-6-2-3-7-18(15)21(27)26-23(29)24-14-16-10-12-17(13-11-16)22-25-19-8-4-5-9-20(19)28-22/h2-13H,14H2,1H3,(H2,24,26,27,29). The van der Waals surface area contributed by atoms with E-state index < -0.39 is 0 Å². The minimum Gasteiger partial charge on any atom is -0.436 e. The van der Waals surface area contributed by atoms with Crippen LogP contribution in [0.4, 0.5) is 0 Å². The van der Waals surface area contributed by atoms with Crippen LogP contribution in [0.2, 0.25) is 0 Å². The number of aromatic nitrogens is 1. The van der Waals surface area contributed by atoms with Gasteiger partial charge in [0.05, 0.1) is 0 Å². The Balaban J connectivity index is 1.36. The molecule has 0 atom stereocenters. The fourth-order valence-electron chi connectivity index (χ4n) is 2.99. The van der Waals surface area contributed by atoms with Gasteiger partial charge in [-0.15, -0.1) is 0 Å². The molecule has 0 bridgehead atoms. The Hall–Kier alpha value is -3.51. The van der Waals surface area contributed by atoms with Crippen LogP contribution in [-0.4, -0.2) is 16.0 Å². The van der Waals surface area contributed by atoms with Gasteiger partial charge in [-0.3, -0.25) is 10.1 Å². The molecule has 1 aromatic heterocycles. The molecule has 3 aromatic carbocycles. The molecule has 5 nitrogen and oxygen atoms in total. The van der Waals surface area contributed by atoms with E-state index in [0.717, 1.165) is 27.8 Å². The molecule has 29 heavy (non-hydrogen) atoms. The average molecular weight is 401 g/mol. The zero-order valence-electron chi connectivity index (χ0n) is 15.8. The third-order valence-corrected chi connectivity index (χ3v) is 4.81. The SMILES string of the molecule is Cc1ccccc1C(=O)NC(=S)NCc1ccc(-c2nc3ccccc3o2)cc1. The summed E-state index contributed by atoms with van der Waals surface area (Å²) < 4.78 is 5.79. The topological polar surface area (TPSA) is 67.2 Å². The second kappa shape index (κ2) is 8.24. The maximum Gasteiger partial charge on any atom is 0.257 e. The number of nitrogens with zero attached hydrogens (tertiary/aromatic N) is 1. The van der Waals surface area contributed by atoms with Gasteiger partial charge in [0.2, 0.25) is 5.89 Å². The van der Waals surface area contributed by atoms with Crippen LogP contribution in [0.25, 0.3) is 22.6 Å². The van der Waals surface area contributed by atoms with E-state index in [4.69, 9.17) is 16.6 Å². The number of thiocarbonyl (C=S) groups is 1. The molecule has 4 aromatic rings. The fourth-order valence-corrected chi connectivity index (χ4v) is 3.15. The minimum absolute atomic E-state index is 0.216. The Morgan fingerprint density at radius 3 is 2.48 bits per heavy atom. The number of nitrogens with one attached hydrogen (secondary N) is 2. The highest BCUT2D eigenvalue weighted by Gasteiger charge is 2.10. The van der Waals surface area contributed by atoms with Crippen LogP contribution in [0.3, 0.4) is 0 Å². The van der Waals surface area contributed by atoms with Crippen molar-refractivity contribution in [2.75, 3.05) is 0 Å². The van der Waals surface area contributed by atoms with Gasteiger partial charge >= 0.3 is 0 Å². The van der Waals surface area contributed by atoms with Gasteiger partial charge in [0.15, 0.2) is 10.7 Å². The van der Waals surface area contributed by atoms with Crippen LogP contribution in [-0.2, 0) is 6.54 Å². The van der Waals surface area contributed by atoms with Crippen molar-refractivity contribution >= 4 is 34.3 Å². The molecule has 6 heteroatoms. The Morgan fingerprint density at radius 1 is 1.00 bits per heavy atom. The van der Waals surface area contributed by atoms with E-state index in [-0.39, 0.29) is 5.91 Å². The van der Waals surface area contributed by atoms with Gasteiger partial charge in [-0.1, -0.05) is 42.5 Å². The molecular weight excluding hydrogens is 382 g/mol. The van der Waals surface area contributed by atoms with Crippen LogP contribution in [0.5, 0.6) is 0 Å². The normalized spacial score (nSPS) is 10.7.